The SMILES string of the molecule is CC(CN)(NC(=O)COc1ccc(Cl)cc1)C1CC1. The number of carbonyl (C=O) groups is 1. The van der Waals surface area contributed by atoms with E-state index in [0.29, 0.717) is 23.2 Å². The summed E-state index contributed by atoms with van der Waals surface area (Å²) >= 11 is 5.77. The number of ether oxygens (including phenoxy) is 1. The van der Waals surface area contributed by atoms with Crippen LogP contribution in [0.4, 0.5) is 0 Å². The summed E-state index contributed by atoms with van der Waals surface area (Å²) in [6, 6.07) is 6.92. The Kier molecular flexibility index (Phi) is 4.32. The van der Waals surface area contributed by atoms with Crippen LogP contribution in [0.3, 0.4) is 0 Å². The fourth-order valence-electron chi connectivity index (χ4n) is 2.07. The largest absolute Gasteiger partial charge is 0.484 e. The molecular formula is C14H19ClN2O2. The Morgan fingerprint density at radius 3 is 2.63 bits per heavy atom. The first-order chi connectivity index (χ1) is 9.03. The maximum absolute atomic E-state index is 11.9. The van der Waals surface area contributed by atoms with E-state index < -0.39 is 0 Å². The molecule has 1 aromatic rings. The van der Waals surface area contributed by atoms with Gasteiger partial charge in [-0.1, -0.05) is 11.6 Å². The number of hydrogen-bond donors (Lipinski definition) is 2. The van der Waals surface area contributed by atoms with Crippen molar-refractivity contribution in [3.63, 3.8) is 0 Å². The first-order valence-electron chi connectivity index (χ1n) is 6.43. The van der Waals surface area contributed by atoms with E-state index >= 15 is 0 Å². The molecule has 2 rings (SSSR count). The molecule has 1 aliphatic carbocycles. The third kappa shape index (κ3) is 3.85. The second-order valence-corrected chi connectivity index (χ2v) is 5.62. The summed E-state index contributed by atoms with van der Waals surface area (Å²) in [7, 11) is 0. The van der Waals surface area contributed by atoms with E-state index in [1.165, 1.54) is 0 Å². The molecule has 1 aromatic carbocycles. The van der Waals surface area contributed by atoms with Crippen molar-refractivity contribution < 1.29 is 9.53 Å². The molecule has 1 atom stereocenters. The molecule has 1 saturated carbocycles. The van der Waals surface area contributed by atoms with Gasteiger partial charge in [0.05, 0.1) is 5.54 Å². The van der Waals surface area contributed by atoms with Gasteiger partial charge in [-0.15, -0.1) is 0 Å². The average molecular weight is 283 g/mol. The molecule has 0 saturated heterocycles. The van der Waals surface area contributed by atoms with Crippen LogP contribution >= 0.6 is 11.6 Å². The van der Waals surface area contributed by atoms with Crippen LogP contribution in [0, 0.1) is 5.92 Å². The molecule has 104 valence electrons. The second kappa shape index (κ2) is 5.80. The molecule has 1 unspecified atom stereocenters. The van der Waals surface area contributed by atoms with Gasteiger partial charge in [0.2, 0.25) is 0 Å². The fraction of sp³-hybridized carbons (Fsp3) is 0.500. The fourth-order valence-corrected chi connectivity index (χ4v) is 2.20. The van der Waals surface area contributed by atoms with Crippen LogP contribution in [0.1, 0.15) is 19.8 Å². The Hall–Kier alpha value is -1.26. The first-order valence-corrected chi connectivity index (χ1v) is 6.81. The standard InChI is InChI=1S/C14H19ClN2O2/c1-14(9-16,10-2-3-10)17-13(18)8-19-12-6-4-11(15)5-7-12/h4-7,10H,2-3,8-9,16H2,1H3,(H,17,18). The highest BCUT2D eigenvalue weighted by atomic mass is 35.5. The van der Waals surface area contributed by atoms with Crippen LogP contribution in [-0.4, -0.2) is 24.6 Å². The van der Waals surface area contributed by atoms with E-state index in [4.69, 9.17) is 22.1 Å². The van der Waals surface area contributed by atoms with Crippen LogP contribution in [0.2, 0.25) is 5.02 Å². The van der Waals surface area contributed by atoms with E-state index in [1.54, 1.807) is 24.3 Å². The van der Waals surface area contributed by atoms with E-state index in [2.05, 4.69) is 5.32 Å². The van der Waals surface area contributed by atoms with Gasteiger partial charge in [-0.3, -0.25) is 4.79 Å². The van der Waals surface area contributed by atoms with Crippen molar-refractivity contribution in [3.8, 4) is 5.75 Å². The Labute approximate surface area is 118 Å². The summed E-state index contributed by atoms with van der Waals surface area (Å²) in [6.07, 6.45) is 2.26. The van der Waals surface area contributed by atoms with Gasteiger partial charge in [0, 0.05) is 11.6 Å². The third-order valence-corrected chi connectivity index (χ3v) is 3.76. The molecule has 0 spiro atoms. The molecule has 4 nitrogen and oxygen atoms in total. The van der Waals surface area contributed by atoms with Crippen molar-refractivity contribution in [2.75, 3.05) is 13.2 Å². The normalized spacial score (nSPS) is 17.6. The molecule has 0 bridgehead atoms. The number of amides is 1. The summed E-state index contributed by atoms with van der Waals surface area (Å²) in [6.45, 7) is 2.43. The summed E-state index contributed by atoms with van der Waals surface area (Å²) in [4.78, 5) is 11.9. The molecule has 0 aromatic heterocycles. The number of carbonyl (C=O) groups excluding carboxylic acids is 1. The molecule has 1 amide bonds. The van der Waals surface area contributed by atoms with E-state index in [9.17, 15) is 4.79 Å². The van der Waals surface area contributed by atoms with Crippen molar-refractivity contribution in [2.45, 2.75) is 25.3 Å². The molecule has 1 aliphatic rings. The quantitative estimate of drug-likeness (QED) is 0.838. The van der Waals surface area contributed by atoms with Crippen molar-refractivity contribution in [2.24, 2.45) is 11.7 Å². The third-order valence-electron chi connectivity index (χ3n) is 3.51. The lowest BCUT2D eigenvalue weighted by atomic mass is 9.96. The zero-order valence-corrected chi connectivity index (χ0v) is 11.7. The Bertz CT molecular complexity index is 445. The molecule has 1 fully saturated rings. The van der Waals surface area contributed by atoms with E-state index in [-0.39, 0.29) is 18.1 Å². The monoisotopic (exact) mass is 282 g/mol. The number of hydrogen-bond acceptors (Lipinski definition) is 3. The van der Waals surface area contributed by atoms with Gasteiger partial charge < -0.3 is 15.8 Å². The summed E-state index contributed by atoms with van der Waals surface area (Å²) in [5.41, 5.74) is 5.44. The molecule has 3 N–H and O–H groups in total. The van der Waals surface area contributed by atoms with Crippen LogP contribution in [-0.2, 0) is 4.79 Å². The Morgan fingerprint density at radius 2 is 2.11 bits per heavy atom. The summed E-state index contributed by atoms with van der Waals surface area (Å²) in [5, 5.41) is 3.61. The van der Waals surface area contributed by atoms with Crippen molar-refractivity contribution in [3.05, 3.63) is 29.3 Å². The minimum atomic E-state index is -0.305. The molecule has 19 heavy (non-hydrogen) atoms. The van der Waals surface area contributed by atoms with Crippen LogP contribution < -0.4 is 15.8 Å². The number of rotatable bonds is 6. The highest BCUT2D eigenvalue weighted by Gasteiger charge is 2.41. The summed E-state index contributed by atoms with van der Waals surface area (Å²) < 4.78 is 5.40. The van der Waals surface area contributed by atoms with Gasteiger partial charge in [0.25, 0.3) is 5.91 Å². The molecule has 0 heterocycles. The van der Waals surface area contributed by atoms with Gasteiger partial charge in [-0.2, -0.15) is 0 Å². The van der Waals surface area contributed by atoms with Gasteiger partial charge in [0.15, 0.2) is 6.61 Å². The lowest BCUT2D eigenvalue weighted by molar-refractivity contribution is -0.125. The highest BCUT2D eigenvalue weighted by Crippen LogP contribution is 2.38. The zero-order valence-electron chi connectivity index (χ0n) is 11.0. The lowest BCUT2D eigenvalue weighted by Gasteiger charge is -2.29. The number of benzene rings is 1. The summed E-state index contributed by atoms with van der Waals surface area (Å²) in [5.74, 6) is 0.979. The van der Waals surface area contributed by atoms with Crippen molar-refractivity contribution in [1.82, 2.24) is 5.32 Å². The second-order valence-electron chi connectivity index (χ2n) is 5.19. The van der Waals surface area contributed by atoms with Crippen LogP contribution in [0.5, 0.6) is 5.75 Å². The minimum Gasteiger partial charge on any atom is -0.484 e. The number of nitrogens with one attached hydrogen (secondary N) is 1. The Morgan fingerprint density at radius 1 is 1.47 bits per heavy atom. The van der Waals surface area contributed by atoms with Crippen LogP contribution in [0.25, 0.3) is 0 Å². The number of halogens is 1. The maximum Gasteiger partial charge on any atom is 0.258 e. The van der Waals surface area contributed by atoms with Gasteiger partial charge in [0.1, 0.15) is 5.75 Å². The van der Waals surface area contributed by atoms with E-state index in [1.807, 2.05) is 6.92 Å². The predicted molar refractivity (Wildman–Crippen MR) is 75.3 cm³/mol. The van der Waals surface area contributed by atoms with Gasteiger partial charge in [-0.05, 0) is 49.9 Å². The smallest absolute Gasteiger partial charge is 0.258 e. The topological polar surface area (TPSA) is 64.3 Å². The highest BCUT2D eigenvalue weighted by molar-refractivity contribution is 6.30. The zero-order chi connectivity index (χ0) is 13.9. The number of nitrogens with two attached hydrogens (primary N) is 1. The van der Waals surface area contributed by atoms with Gasteiger partial charge >= 0.3 is 0 Å². The first kappa shape index (κ1) is 14.2. The van der Waals surface area contributed by atoms with Crippen molar-refractivity contribution in [1.29, 1.82) is 0 Å². The molecular weight excluding hydrogens is 264 g/mol. The molecule has 0 aliphatic heterocycles. The van der Waals surface area contributed by atoms with Crippen LogP contribution in [0.15, 0.2) is 24.3 Å². The lowest BCUT2D eigenvalue weighted by Crippen LogP contribution is -2.54. The van der Waals surface area contributed by atoms with Gasteiger partial charge in [-0.25, -0.2) is 0 Å². The predicted octanol–water partition coefficient (Wildman–Crippen LogP) is 1.96. The molecule has 0 radical (unpaired) electrons. The van der Waals surface area contributed by atoms with E-state index in [0.717, 1.165) is 12.8 Å². The average Bonchev–Trinajstić information content (AvgIpc) is 3.22. The minimum absolute atomic E-state index is 0.00998. The maximum atomic E-state index is 11.9. The Balaban J connectivity index is 1.82. The molecule has 5 heteroatoms. The van der Waals surface area contributed by atoms with Crippen molar-refractivity contribution >= 4 is 17.5 Å².